The number of hydrogen-bond donors (Lipinski definition) is 1. The van der Waals surface area contributed by atoms with Crippen LogP contribution in [0.3, 0.4) is 0 Å². The van der Waals surface area contributed by atoms with Gasteiger partial charge in [-0.1, -0.05) is 41.0 Å². The highest BCUT2D eigenvalue weighted by atomic mass is 33.1. The average molecular weight is 332 g/mol. The van der Waals surface area contributed by atoms with Gasteiger partial charge in [0.15, 0.2) is 11.7 Å². The van der Waals surface area contributed by atoms with Gasteiger partial charge in [0.25, 0.3) is 0 Å². The third-order valence-electron chi connectivity index (χ3n) is 2.47. The van der Waals surface area contributed by atoms with Gasteiger partial charge in [0, 0.05) is 30.8 Å². The van der Waals surface area contributed by atoms with E-state index < -0.39 is 0 Å². The topological polar surface area (TPSA) is 24.5 Å². The van der Waals surface area contributed by atoms with Crippen LogP contribution in [0.15, 0.2) is 30.3 Å². The molecule has 0 amide bonds. The first kappa shape index (κ1) is 15.4. The first-order valence-electron chi connectivity index (χ1n) is 6.02. The number of hydrogen-bond acceptors (Lipinski definition) is 4. The number of nitrogens with one attached hydrogen (secondary N) is 1. The summed E-state index contributed by atoms with van der Waals surface area (Å²) in [7, 11) is 1.99. The van der Waals surface area contributed by atoms with Crippen molar-refractivity contribution in [2.45, 2.75) is 0 Å². The van der Waals surface area contributed by atoms with Crippen LogP contribution in [-0.4, -0.2) is 41.7 Å². The van der Waals surface area contributed by atoms with E-state index >= 15 is 0 Å². The second-order valence-corrected chi connectivity index (χ2v) is 10.6. The molecule has 1 aliphatic heterocycles. The molecule has 0 unspecified atom stereocenters. The number of rotatable bonds is 5. The zero-order valence-electron chi connectivity index (χ0n) is 10.7. The summed E-state index contributed by atoms with van der Waals surface area (Å²) < 4.78 is 5.84. The maximum Gasteiger partial charge on any atom is 0.173 e. The highest BCUT2D eigenvalue weighted by Crippen LogP contribution is 2.66. The van der Waals surface area contributed by atoms with Gasteiger partial charge in [0.05, 0.1) is 6.61 Å². The highest BCUT2D eigenvalue weighted by molar-refractivity contribution is 8.88. The fourth-order valence-corrected chi connectivity index (χ4v) is 8.35. The van der Waals surface area contributed by atoms with Crippen LogP contribution in [0.4, 0.5) is 5.69 Å². The molecule has 1 heterocycles. The molecule has 0 atom stereocenters. The van der Waals surface area contributed by atoms with Gasteiger partial charge < -0.3 is 14.7 Å². The summed E-state index contributed by atoms with van der Waals surface area (Å²) in [6.45, 7) is 1.25. The molecule has 0 saturated carbocycles. The van der Waals surface area contributed by atoms with Crippen LogP contribution in [0.25, 0.3) is 0 Å². The second kappa shape index (κ2) is 8.32. The number of likely N-dealkylation sites (N-methyl/N-ethyl adjacent to an activating group) is 1. The normalized spacial score (nSPS) is 15.4. The molecule has 7 heteroatoms. The molecule has 1 aromatic rings. The van der Waals surface area contributed by atoms with Gasteiger partial charge in [-0.05, 0) is 24.4 Å². The Morgan fingerprint density at radius 2 is 2.05 bits per heavy atom. The molecule has 104 valence electrons. The highest BCUT2D eigenvalue weighted by Gasteiger charge is 2.17. The summed E-state index contributed by atoms with van der Waals surface area (Å²) in [4.78, 5) is 2.02. The van der Waals surface area contributed by atoms with Crippen LogP contribution in [0, 0.1) is 0 Å². The quantitative estimate of drug-likeness (QED) is 0.645. The molecule has 3 nitrogen and oxygen atoms in total. The number of nitrogens with zero attached hydrogens (tertiary/aromatic N) is 1. The van der Waals surface area contributed by atoms with Crippen LogP contribution in [0.5, 0.6) is 0 Å². The molecule has 1 aromatic carbocycles. The SMILES string of the molecule is CN(CCOP1SCCS1)C(=S)Nc1ccccc1. The van der Waals surface area contributed by atoms with E-state index in [1.807, 2.05) is 65.0 Å². The molecular weight excluding hydrogens is 315 g/mol. The molecule has 0 spiro atoms. The minimum absolute atomic E-state index is 0.300. The van der Waals surface area contributed by atoms with E-state index in [0.717, 1.165) is 24.0 Å². The smallest absolute Gasteiger partial charge is 0.173 e. The van der Waals surface area contributed by atoms with Crippen molar-refractivity contribution < 1.29 is 4.52 Å². The van der Waals surface area contributed by atoms with Crippen LogP contribution >= 0.6 is 41.5 Å². The first-order valence-corrected chi connectivity index (χ1v) is 10.9. The lowest BCUT2D eigenvalue weighted by atomic mass is 10.3. The van der Waals surface area contributed by atoms with Gasteiger partial charge >= 0.3 is 0 Å². The van der Waals surface area contributed by atoms with Gasteiger partial charge in [-0.15, -0.1) is 0 Å². The molecule has 0 aliphatic carbocycles. The molecule has 1 saturated heterocycles. The molecule has 0 radical (unpaired) electrons. The standard InChI is InChI=1S/C12H17N2OPS3/c1-14(7-8-15-16-18-9-10-19-16)12(17)13-11-5-3-2-4-6-11/h2-6H,7-10H2,1H3,(H,13,17). The van der Waals surface area contributed by atoms with Gasteiger partial charge in [-0.2, -0.15) is 0 Å². The number of benzene rings is 1. The van der Waals surface area contributed by atoms with Crippen LogP contribution in [0.2, 0.25) is 0 Å². The summed E-state index contributed by atoms with van der Waals surface area (Å²) >= 11 is 9.25. The molecular formula is C12H17N2OPS3. The van der Waals surface area contributed by atoms with Crippen LogP contribution < -0.4 is 5.32 Å². The summed E-state index contributed by atoms with van der Waals surface area (Å²) in [5.74, 6) is 2.44. The van der Waals surface area contributed by atoms with Gasteiger partial charge in [-0.3, -0.25) is 0 Å². The maximum atomic E-state index is 5.84. The van der Waals surface area contributed by atoms with Crippen LogP contribution in [0.1, 0.15) is 0 Å². The molecule has 0 aromatic heterocycles. The molecule has 1 fully saturated rings. The Kier molecular flexibility index (Phi) is 6.74. The third kappa shape index (κ3) is 5.48. The predicted molar refractivity (Wildman–Crippen MR) is 93.1 cm³/mol. The Balaban J connectivity index is 1.67. The summed E-state index contributed by atoms with van der Waals surface area (Å²) in [6.07, 6.45) is 0. The predicted octanol–water partition coefficient (Wildman–Crippen LogP) is 4.04. The maximum absolute atomic E-state index is 5.84. The Bertz CT molecular complexity index is 401. The Labute approximate surface area is 129 Å². The largest absolute Gasteiger partial charge is 0.350 e. The van der Waals surface area contributed by atoms with Crippen molar-refractivity contribution in [3.63, 3.8) is 0 Å². The summed E-state index contributed by atoms with van der Waals surface area (Å²) in [5.41, 5.74) is 1.02. The third-order valence-corrected chi connectivity index (χ3v) is 9.62. The van der Waals surface area contributed by atoms with E-state index in [2.05, 4.69) is 5.32 Å². The van der Waals surface area contributed by atoms with Crippen molar-refractivity contribution in [3.8, 4) is 0 Å². The molecule has 1 N–H and O–H groups in total. The van der Waals surface area contributed by atoms with Crippen molar-refractivity contribution in [1.82, 2.24) is 4.90 Å². The molecule has 2 rings (SSSR count). The summed E-state index contributed by atoms with van der Waals surface area (Å²) in [5, 5.41) is 3.95. The minimum Gasteiger partial charge on any atom is -0.350 e. The zero-order valence-corrected chi connectivity index (χ0v) is 14.1. The van der Waals surface area contributed by atoms with E-state index in [1.54, 1.807) is 0 Å². The van der Waals surface area contributed by atoms with E-state index in [9.17, 15) is 0 Å². The Morgan fingerprint density at radius 1 is 1.37 bits per heavy atom. The van der Waals surface area contributed by atoms with Crippen molar-refractivity contribution in [1.29, 1.82) is 0 Å². The zero-order chi connectivity index (χ0) is 13.5. The van der Waals surface area contributed by atoms with Crippen molar-refractivity contribution >= 4 is 52.3 Å². The second-order valence-electron chi connectivity index (χ2n) is 3.94. The van der Waals surface area contributed by atoms with Crippen molar-refractivity contribution in [2.75, 3.05) is 37.0 Å². The number of anilines is 1. The Morgan fingerprint density at radius 3 is 2.74 bits per heavy atom. The number of para-hydroxylation sites is 1. The van der Waals surface area contributed by atoms with Gasteiger partial charge in [0.1, 0.15) is 0 Å². The van der Waals surface area contributed by atoms with E-state index in [0.29, 0.717) is 0 Å². The summed E-state index contributed by atoms with van der Waals surface area (Å²) in [6, 6.07) is 9.98. The lowest BCUT2D eigenvalue weighted by Crippen LogP contribution is -2.33. The fourth-order valence-electron chi connectivity index (χ4n) is 1.43. The van der Waals surface area contributed by atoms with E-state index in [-0.39, 0.29) is 6.55 Å². The van der Waals surface area contributed by atoms with E-state index in [4.69, 9.17) is 16.7 Å². The Hall–Kier alpha value is -0.000000000000000222. The fraction of sp³-hybridized carbons (Fsp3) is 0.417. The monoisotopic (exact) mass is 332 g/mol. The van der Waals surface area contributed by atoms with Crippen LogP contribution in [-0.2, 0) is 4.52 Å². The van der Waals surface area contributed by atoms with Crippen molar-refractivity contribution in [2.24, 2.45) is 0 Å². The lowest BCUT2D eigenvalue weighted by Gasteiger charge is -2.21. The minimum atomic E-state index is -0.300. The number of thiocarbonyl (C=S) groups is 1. The van der Waals surface area contributed by atoms with E-state index in [1.165, 1.54) is 11.5 Å². The average Bonchev–Trinajstić information content (AvgIpc) is 2.93. The van der Waals surface area contributed by atoms with Gasteiger partial charge in [0.2, 0.25) is 0 Å². The molecule has 1 aliphatic rings. The molecule has 0 bridgehead atoms. The molecule has 19 heavy (non-hydrogen) atoms. The first-order chi connectivity index (χ1) is 9.25. The van der Waals surface area contributed by atoms with Crippen molar-refractivity contribution in [3.05, 3.63) is 30.3 Å². The lowest BCUT2D eigenvalue weighted by molar-refractivity contribution is 0.322. The van der Waals surface area contributed by atoms with Gasteiger partial charge in [-0.25, -0.2) is 0 Å².